The zero-order chi connectivity index (χ0) is 14.2. The van der Waals surface area contributed by atoms with Crippen molar-refractivity contribution < 1.29 is 4.74 Å². The molecule has 0 amide bonds. The van der Waals surface area contributed by atoms with Gasteiger partial charge < -0.3 is 10.5 Å². The van der Waals surface area contributed by atoms with Crippen molar-refractivity contribution in [3.05, 3.63) is 42.0 Å². The third-order valence-electron chi connectivity index (χ3n) is 3.68. The summed E-state index contributed by atoms with van der Waals surface area (Å²) in [6.07, 6.45) is 3.06. The number of para-hydroxylation sites is 1. The Hall–Kier alpha value is -1.88. The number of nitrogens with zero attached hydrogens (tertiary/aromatic N) is 3. The predicted octanol–water partition coefficient (Wildman–Crippen LogP) is 1.73. The number of aromatic nitrogens is 3. The van der Waals surface area contributed by atoms with E-state index in [0.717, 1.165) is 23.6 Å². The predicted molar refractivity (Wildman–Crippen MR) is 76.7 cm³/mol. The summed E-state index contributed by atoms with van der Waals surface area (Å²) in [4.78, 5) is 4.35. The van der Waals surface area contributed by atoms with Gasteiger partial charge in [0.2, 0.25) is 0 Å². The molecule has 2 aromatic rings. The molecule has 1 unspecified atom stereocenters. The van der Waals surface area contributed by atoms with Crippen molar-refractivity contribution in [1.82, 2.24) is 14.8 Å². The van der Waals surface area contributed by atoms with E-state index in [0.29, 0.717) is 13.0 Å². The Balaban J connectivity index is 1.83. The largest absolute Gasteiger partial charge is 0.491 e. The summed E-state index contributed by atoms with van der Waals surface area (Å²) in [7, 11) is 0. The highest BCUT2D eigenvalue weighted by atomic mass is 16.5. The highest BCUT2D eigenvalue weighted by Crippen LogP contribution is 2.29. The molecule has 0 bridgehead atoms. The Morgan fingerprint density at radius 3 is 3.00 bits per heavy atom. The van der Waals surface area contributed by atoms with Gasteiger partial charge in [0.1, 0.15) is 24.5 Å². The van der Waals surface area contributed by atoms with Gasteiger partial charge in [0.05, 0.1) is 5.54 Å². The van der Waals surface area contributed by atoms with Crippen molar-refractivity contribution >= 4 is 0 Å². The molecule has 106 valence electrons. The van der Waals surface area contributed by atoms with Crippen LogP contribution in [0.2, 0.25) is 0 Å². The van der Waals surface area contributed by atoms with Gasteiger partial charge in [0.25, 0.3) is 0 Å². The lowest BCUT2D eigenvalue weighted by Crippen LogP contribution is -2.52. The standard InChI is InChI=1S/C15H20N4O/c1-11(2)19-14(17-10-18-19)8-15(16)7-12-5-3-4-6-13(12)20-9-15/h3-6,10-11H,7-9,16H2,1-2H3. The molecular formula is C15H20N4O. The monoisotopic (exact) mass is 272 g/mol. The van der Waals surface area contributed by atoms with Crippen LogP contribution in [0.25, 0.3) is 0 Å². The summed E-state index contributed by atoms with van der Waals surface area (Å²) in [5.74, 6) is 1.87. The van der Waals surface area contributed by atoms with E-state index in [1.165, 1.54) is 0 Å². The Bertz CT molecular complexity index is 607. The lowest BCUT2D eigenvalue weighted by atomic mass is 9.86. The maximum absolute atomic E-state index is 6.53. The normalized spacial score (nSPS) is 21.6. The molecule has 0 saturated carbocycles. The van der Waals surface area contributed by atoms with Gasteiger partial charge in [-0.15, -0.1) is 0 Å². The minimum Gasteiger partial charge on any atom is -0.491 e. The average molecular weight is 272 g/mol. The molecule has 0 aliphatic carbocycles. The number of hydrogen-bond acceptors (Lipinski definition) is 4. The first-order valence-electron chi connectivity index (χ1n) is 6.95. The molecule has 2 heterocycles. The molecular weight excluding hydrogens is 252 g/mol. The van der Waals surface area contributed by atoms with Gasteiger partial charge in [-0.3, -0.25) is 0 Å². The summed E-state index contributed by atoms with van der Waals surface area (Å²) in [5, 5.41) is 4.27. The fourth-order valence-electron chi connectivity index (χ4n) is 2.70. The van der Waals surface area contributed by atoms with Crippen LogP contribution < -0.4 is 10.5 Å². The van der Waals surface area contributed by atoms with Crippen LogP contribution in [0.4, 0.5) is 0 Å². The zero-order valence-electron chi connectivity index (χ0n) is 11.9. The van der Waals surface area contributed by atoms with Crippen LogP contribution in [0, 0.1) is 0 Å². The fraction of sp³-hybridized carbons (Fsp3) is 0.467. The molecule has 20 heavy (non-hydrogen) atoms. The van der Waals surface area contributed by atoms with Gasteiger partial charge in [-0.05, 0) is 31.9 Å². The highest BCUT2D eigenvalue weighted by Gasteiger charge is 2.33. The molecule has 1 aliphatic rings. The van der Waals surface area contributed by atoms with Crippen LogP contribution in [0.5, 0.6) is 5.75 Å². The van der Waals surface area contributed by atoms with Crippen molar-refractivity contribution in [2.45, 2.75) is 38.3 Å². The second kappa shape index (κ2) is 4.90. The minimum atomic E-state index is -0.423. The molecule has 0 fully saturated rings. The summed E-state index contributed by atoms with van der Waals surface area (Å²) in [6, 6.07) is 8.35. The molecule has 5 heteroatoms. The Morgan fingerprint density at radius 1 is 1.40 bits per heavy atom. The number of ether oxygens (including phenoxy) is 1. The maximum Gasteiger partial charge on any atom is 0.138 e. The van der Waals surface area contributed by atoms with Crippen LogP contribution in [-0.2, 0) is 12.8 Å². The van der Waals surface area contributed by atoms with Crippen LogP contribution >= 0.6 is 0 Å². The van der Waals surface area contributed by atoms with Crippen LogP contribution in [0.1, 0.15) is 31.3 Å². The van der Waals surface area contributed by atoms with Gasteiger partial charge in [0.15, 0.2) is 0 Å². The molecule has 1 aromatic carbocycles. The van der Waals surface area contributed by atoms with E-state index in [-0.39, 0.29) is 6.04 Å². The number of fused-ring (bicyclic) bond motifs is 1. The Labute approximate surface area is 118 Å². The Kier molecular flexibility index (Phi) is 3.22. The van der Waals surface area contributed by atoms with Gasteiger partial charge in [-0.25, -0.2) is 9.67 Å². The molecule has 0 saturated heterocycles. The molecule has 1 aliphatic heterocycles. The summed E-state index contributed by atoms with van der Waals surface area (Å²) >= 11 is 0. The maximum atomic E-state index is 6.53. The first-order chi connectivity index (χ1) is 9.57. The lowest BCUT2D eigenvalue weighted by molar-refractivity contribution is 0.186. The average Bonchev–Trinajstić information content (AvgIpc) is 2.86. The molecule has 5 nitrogen and oxygen atoms in total. The fourth-order valence-corrected chi connectivity index (χ4v) is 2.70. The number of hydrogen-bond donors (Lipinski definition) is 1. The summed E-state index contributed by atoms with van der Waals surface area (Å²) in [5.41, 5.74) is 7.27. The van der Waals surface area contributed by atoms with Crippen molar-refractivity contribution in [2.24, 2.45) is 5.73 Å². The van der Waals surface area contributed by atoms with Crippen molar-refractivity contribution in [3.63, 3.8) is 0 Å². The Morgan fingerprint density at radius 2 is 2.20 bits per heavy atom. The van der Waals surface area contributed by atoms with E-state index < -0.39 is 5.54 Å². The minimum absolute atomic E-state index is 0.285. The molecule has 0 spiro atoms. The second-order valence-electron chi connectivity index (χ2n) is 5.83. The number of nitrogens with two attached hydrogens (primary N) is 1. The molecule has 0 radical (unpaired) electrons. The van der Waals surface area contributed by atoms with Crippen LogP contribution in [0.3, 0.4) is 0 Å². The van der Waals surface area contributed by atoms with Crippen molar-refractivity contribution in [1.29, 1.82) is 0 Å². The summed E-state index contributed by atoms with van der Waals surface area (Å²) < 4.78 is 7.73. The highest BCUT2D eigenvalue weighted by molar-refractivity contribution is 5.37. The molecule has 1 aromatic heterocycles. The zero-order valence-corrected chi connectivity index (χ0v) is 11.9. The number of rotatable bonds is 3. The van der Waals surface area contributed by atoms with E-state index in [2.05, 4.69) is 30.0 Å². The number of benzene rings is 1. The van der Waals surface area contributed by atoms with Gasteiger partial charge in [-0.2, -0.15) is 5.10 Å². The van der Waals surface area contributed by atoms with E-state index >= 15 is 0 Å². The van der Waals surface area contributed by atoms with E-state index in [1.807, 2.05) is 22.9 Å². The third kappa shape index (κ3) is 2.41. The van der Waals surface area contributed by atoms with E-state index in [1.54, 1.807) is 6.33 Å². The summed E-state index contributed by atoms with van der Waals surface area (Å²) in [6.45, 7) is 4.69. The van der Waals surface area contributed by atoms with Gasteiger partial charge >= 0.3 is 0 Å². The van der Waals surface area contributed by atoms with Gasteiger partial charge in [0, 0.05) is 12.5 Å². The molecule has 3 rings (SSSR count). The van der Waals surface area contributed by atoms with E-state index in [4.69, 9.17) is 10.5 Å². The smallest absolute Gasteiger partial charge is 0.138 e. The third-order valence-corrected chi connectivity index (χ3v) is 3.68. The lowest BCUT2D eigenvalue weighted by Gasteiger charge is -2.34. The molecule has 1 atom stereocenters. The first kappa shape index (κ1) is 13.1. The van der Waals surface area contributed by atoms with Crippen LogP contribution in [0.15, 0.2) is 30.6 Å². The van der Waals surface area contributed by atoms with Crippen molar-refractivity contribution in [3.8, 4) is 5.75 Å². The quantitative estimate of drug-likeness (QED) is 0.924. The second-order valence-corrected chi connectivity index (χ2v) is 5.83. The van der Waals surface area contributed by atoms with Crippen molar-refractivity contribution in [2.75, 3.05) is 6.61 Å². The topological polar surface area (TPSA) is 66.0 Å². The van der Waals surface area contributed by atoms with Gasteiger partial charge in [-0.1, -0.05) is 18.2 Å². The molecule has 2 N–H and O–H groups in total. The first-order valence-corrected chi connectivity index (χ1v) is 6.95. The van der Waals surface area contributed by atoms with Crippen LogP contribution in [-0.4, -0.2) is 26.9 Å². The van der Waals surface area contributed by atoms with E-state index in [9.17, 15) is 0 Å². The SMILES string of the molecule is CC(C)n1ncnc1CC1(N)COc2ccccc2C1.